The van der Waals surface area contributed by atoms with E-state index >= 15 is 0 Å². The van der Waals surface area contributed by atoms with Gasteiger partial charge in [0.25, 0.3) is 5.91 Å². The maximum absolute atomic E-state index is 12.5. The van der Waals surface area contributed by atoms with Crippen molar-refractivity contribution in [2.24, 2.45) is 0 Å². The van der Waals surface area contributed by atoms with Crippen LogP contribution in [-0.2, 0) is 0 Å². The number of para-hydroxylation sites is 3. The van der Waals surface area contributed by atoms with Gasteiger partial charge in [-0.3, -0.25) is 4.79 Å². The van der Waals surface area contributed by atoms with Gasteiger partial charge in [0, 0.05) is 22.2 Å². The van der Waals surface area contributed by atoms with Crippen molar-refractivity contribution < 1.29 is 13.9 Å². The smallest absolute Gasteiger partial charge is 0.291 e. The number of methoxy groups -OCH3 is 1. The number of fused-ring (bicyclic) bond motifs is 1. The molecule has 3 aromatic carbocycles. The number of anilines is 1. The molecule has 0 unspecified atom stereocenters. The summed E-state index contributed by atoms with van der Waals surface area (Å²) in [6.07, 6.45) is 0. The molecule has 4 nitrogen and oxygen atoms in total. The second kappa shape index (κ2) is 6.76. The Balaban J connectivity index is 1.75. The first-order valence-electron chi connectivity index (χ1n) is 8.28. The Labute approximate surface area is 151 Å². The summed E-state index contributed by atoms with van der Waals surface area (Å²) in [7, 11) is 1.64. The molecule has 1 N–H and O–H groups in total. The number of benzene rings is 3. The van der Waals surface area contributed by atoms with Crippen molar-refractivity contribution >= 4 is 22.6 Å². The molecule has 26 heavy (non-hydrogen) atoms. The van der Waals surface area contributed by atoms with E-state index in [0.717, 1.165) is 28.0 Å². The van der Waals surface area contributed by atoms with E-state index in [9.17, 15) is 4.79 Å². The Bertz CT molecular complexity index is 1070. The number of carbonyl (C=O) groups excluding carboxylic acids is 1. The second-order valence-electron chi connectivity index (χ2n) is 5.86. The van der Waals surface area contributed by atoms with Gasteiger partial charge in [-0.05, 0) is 24.3 Å². The topological polar surface area (TPSA) is 51.5 Å². The lowest BCUT2D eigenvalue weighted by atomic mass is 10.0. The zero-order valence-electron chi connectivity index (χ0n) is 14.2. The molecule has 0 aliphatic carbocycles. The number of rotatable bonds is 4. The summed E-state index contributed by atoms with van der Waals surface area (Å²) in [6.45, 7) is 0. The number of nitrogens with one attached hydrogen (secondary N) is 1. The highest BCUT2D eigenvalue weighted by Crippen LogP contribution is 2.36. The fourth-order valence-electron chi connectivity index (χ4n) is 2.97. The van der Waals surface area contributed by atoms with Crippen molar-refractivity contribution in [3.63, 3.8) is 0 Å². The maximum atomic E-state index is 12.5. The summed E-state index contributed by atoms with van der Waals surface area (Å²) in [6, 6.07) is 24.6. The largest absolute Gasteiger partial charge is 0.496 e. The third-order valence-electron chi connectivity index (χ3n) is 4.20. The summed E-state index contributed by atoms with van der Waals surface area (Å²) >= 11 is 0. The number of hydrogen-bond acceptors (Lipinski definition) is 3. The van der Waals surface area contributed by atoms with Crippen LogP contribution in [0.4, 0.5) is 5.69 Å². The van der Waals surface area contributed by atoms with Crippen LogP contribution in [0.2, 0.25) is 0 Å². The lowest BCUT2D eigenvalue weighted by molar-refractivity contribution is 0.0999. The first kappa shape index (κ1) is 16.0. The number of amides is 1. The second-order valence-corrected chi connectivity index (χ2v) is 5.86. The Morgan fingerprint density at radius 3 is 2.42 bits per heavy atom. The molecule has 0 aliphatic rings. The highest BCUT2D eigenvalue weighted by molar-refractivity contribution is 6.06. The molecule has 0 atom stereocenters. The van der Waals surface area contributed by atoms with Crippen molar-refractivity contribution in [2.75, 3.05) is 12.4 Å². The van der Waals surface area contributed by atoms with Crippen LogP contribution in [0.5, 0.6) is 5.75 Å². The van der Waals surface area contributed by atoms with E-state index in [1.807, 2.05) is 72.8 Å². The van der Waals surface area contributed by atoms with Crippen molar-refractivity contribution in [1.82, 2.24) is 0 Å². The van der Waals surface area contributed by atoms with Gasteiger partial charge in [-0.25, -0.2) is 0 Å². The van der Waals surface area contributed by atoms with Crippen LogP contribution >= 0.6 is 0 Å². The first-order valence-corrected chi connectivity index (χ1v) is 8.28. The lowest BCUT2D eigenvalue weighted by Gasteiger charge is -2.08. The molecule has 4 heteroatoms. The normalized spacial score (nSPS) is 10.7. The monoisotopic (exact) mass is 343 g/mol. The Kier molecular flexibility index (Phi) is 4.15. The fourth-order valence-corrected chi connectivity index (χ4v) is 2.97. The van der Waals surface area contributed by atoms with Gasteiger partial charge in [-0.1, -0.05) is 54.6 Å². The van der Waals surface area contributed by atoms with Gasteiger partial charge in [0.2, 0.25) is 0 Å². The van der Waals surface area contributed by atoms with E-state index in [1.165, 1.54) is 0 Å². The average molecular weight is 343 g/mol. The van der Waals surface area contributed by atoms with E-state index in [-0.39, 0.29) is 11.7 Å². The molecule has 4 rings (SSSR count). The van der Waals surface area contributed by atoms with E-state index in [1.54, 1.807) is 13.2 Å². The van der Waals surface area contributed by atoms with Gasteiger partial charge >= 0.3 is 0 Å². The fraction of sp³-hybridized carbons (Fsp3) is 0.0455. The quantitative estimate of drug-likeness (QED) is 0.542. The van der Waals surface area contributed by atoms with Crippen LogP contribution in [0.1, 0.15) is 10.6 Å². The minimum Gasteiger partial charge on any atom is -0.496 e. The third-order valence-corrected chi connectivity index (χ3v) is 4.20. The van der Waals surface area contributed by atoms with Gasteiger partial charge in [0.05, 0.1) is 7.11 Å². The molecule has 0 bridgehead atoms. The van der Waals surface area contributed by atoms with Gasteiger partial charge in [0.1, 0.15) is 11.3 Å². The molecule has 0 radical (unpaired) electrons. The molecule has 0 saturated heterocycles. The van der Waals surface area contributed by atoms with Crippen molar-refractivity contribution in [3.8, 4) is 16.9 Å². The van der Waals surface area contributed by atoms with E-state index in [4.69, 9.17) is 9.15 Å². The predicted molar refractivity (Wildman–Crippen MR) is 103 cm³/mol. The molecule has 0 fully saturated rings. The van der Waals surface area contributed by atoms with E-state index < -0.39 is 0 Å². The summed E-state index contributed by atoms with van der Waals surface area (Å²) in [5, 5.41) is 3.71. The SMILES string of the molecule is COc1ccccc1-c1cccc2cc(C(=O)Nc3ccccc3)oc12. The van der Waals surface area contributed by atoms with Gasteiger partial charge < -0.3 is 14.5 Å². The average Bonchev–Trinajstić information content (AvgIpc) is 3.13. The maximum Gasteiger partial charge on any atom is 0.291 e. The molecule has 0 aliphatic heterocycles. The lowest BCUT2D eigenvalue weighted by Crippen LogP contribution is -2.10. The van der Waals surface area contributed by atoms with Crippen LogP contribution in [0.3, 0.4) is 0 Å². The van der Waals surface area contributed by atoms with Crippen LogP contribution in [-0.4, -0.2) is 13.0 Å². The van der Waals surface area contributed by atoms with Crippen LogP contribution < -0.4 is 10.1 Å². The van der Waals surface area contributed by atoms with E-state index in [0.29, 0.717) is 5.58 Å². The number of furan rings is 1. The highest BCUT2D eigenvalue weighted by atomic mass is 16.5. The Morgan fingerprint density at radius 2 is 1.62 bits per heavy atom. The zero-order valence-corrected chi connectivity index (χ0v) is 14.2. The Hall–Kier alpha value is -3.53. The summed E-state index contributed by atoms with van der Waals surface area (Å²) in [4.78, 5) is 12.5. The van der Waals surface area contributed by atoms with Crippen molar-refractivity contribution in [2.45, 2.75) is 0 Å². The van der Waals surface area contributed by atoms with Crippen molar-refractivity contribution in [1.29, 1.82) is 0 Å². The third kappa shape index (κ3) is 2.93. The van der Waals surface area contributed by atoms with Gasteiger partial charge in [-0.2, -0.15) is 0 Å². The molecule has 4 aromatic rings. The van der Waals surface area contributed by atoms with Crippen LogP contribution in [0.25, 0.3) is 22.1 Å². The molecule has 1 heterocycles. The molecule has 1 amide bonds. The van der Waals surface area contributed by atoms with E-state index in [2.05, 4.69) is 5.32 Å². The van der Waals surface area contributed by atoms with Gasteiger partial charge in [-0.15, -0.1) is 0 Å². The van der Waals surface area contributed by atoms with Crippen molar-refractivity contribution in [3.05, 3.63) is 84.6 Å². The zero-order chi connectivity index (χ0) is 17.9. The first-order chi connectivity index (χ1) is 12.8. The standard InChI is InChI=1S/C22H17NO3/c1-25-19-13-6-5-11-17(19)18-12-7-8-15-14-20(26-21(15)18)22(24)23-16-9-3-2-4-10-16/h2-14H,1H3,(H,23,24). The Morgan fingerprint density at radius 1 is 0.885 bits per heavy atom. The molecule has 0 spiro atoms. The molecular formula is C22H17NO3. The highest BCUT2D eigenvalue weighted by Gasteiger charge is 2.16. The van der Waals surface area contributed by atoms with Gasteiger partial charge in [0.15, 0.2) is 5.76 Å². The van der Waals surface area contributed by atoms with Crippen LogP contribution in [0.15, 0.2) is 83.3 Å². The minimum absolute atomic E-state index is 0.270. The molecule has 1 aromatic heterocycles. The number of hydrogen-bond donors (Lipinski definition) is 1. The molecular weight excluding hydrogens is 326 g/mol. The predicted octanol–water partition coefficient (Wildman–Crippen LogP) is 5.36. The van der Waals surface area contributed by atoms with Crippen LogP contribution in [0, 0.1) is 0 Å². The summed E-state index contributed by atoms with van der Waals surface area (Å²) in [5.74, 6) is 0.747. The number of carbonyl (C=O) groups is 1. The summed E-state index contributed by atoms with van der Waals surface area (Å²) < 4.78 is 11.4. The number of ether oxygens (including phenoxy) is 1. The minimum atomic E-state index is -0.279. The summed E-state index contributed by atoms with van der Waals surface area (Å²) in [5.41, 5.74) is 3.20. The molecule has 128 valence electrons. The molecule has 0 saturated carbocycles.